The molecule has 0 aliphatic heterocycles. The number of H-pyrrole nitrogens is 1. The van der Waals surface area contributed by atoms with Crippen molar-refractivity contribution in [1.82, 2.24) is 9.97 Å². The van der Waals surface area contributed by atoms with Crippen molar-refractivity contribution in [3.8, 4) is 0 Å². The predicted octanol–water partition coefficient (Wildman–Crippen LogP) is 2.06. The largest absolute Gasteiger partial charge is 0.291 e. The summed E-state index contributed by atoms with van der Waals surface area (Å²) in [5.74, 6) is 0.386. The highest BCUT2D eigenvalue weighted by Gasteiger charge is 1.94. The van der Waals surface area contributed by atoms with Gasteiger partial charge in [0.1, 0.15) is 0 Å². The molecule has 1 aromatic rings. The van der Waals surface area contributed by atoms with Crippen molar-refractivity contribution in [2.45, 2.75) is 39.5 Å². The van der Waals surface area contributed by atoms with Crippen molar-refractivity contribution in [3.63, 3.8) is 0 Å². The molecule has 1 rings (SSSR count). The van der Waals surface area contributed by atoms with Gasteiger partial charge in [-0.05, 0) is 19.8 Å². The van der Waals surface area contributed by atoms with Crippen molar-refractivity contribution in [3.05, 3.63) is 22.1 Å². The average molecular weight is 222 g/mol. The monoisotopic (exact) mass is 222 g/mol. The molecule has 0 amide bonds. The van der Waals surface area contributed by atoms with Crippen molar-refractivity contribution >= 4 is 12.2 Å². The van der Waals surface area contributed by atoms with Crippen LogP contribution in [0.5, 0.6) is 0 Å². The second-order valence-electron chi connectivity index (χ2n) is 3.65. The molecule has 0 radical (unpaired) electrons. The highest BCUT2D eigenvalue weighted by molar-refractivity contribution is 5.58. The Morgan fingerprint density at radius 3 is 3.06 bits per heavy atom. The number of nitrogens with zero attached hydrogens (tertiary/aromatic N) is 2. The second kappa shape index (κ2) is 6.76. The summed E-state index contributed by atoms with van der Waals surface area (Å²) in [5, 5.41) is 3.99. The molecule has 16 heavy (non-hydrogen) atoms. The molecule has 1 heterocycles. The molecule has 2 N–H and O–H groups in total. The lowest BCUT2D eigenvalue weighted by molar-refractivity contribution is 0.746. The van der Waals surface area contributed by atoms with Crippen LogP contribution in [0.2, 0.25) is 0 Å². The van der Waals surface area contributed by atoms with Crippen LogP contribution in [0.4, 0.5) is 5.95 Å². The van der Waals surface area contributed by atoms with E-state index in [2.05, 4.69) is 27.4 Å². The van der Waals surface area contributed by atoms with E-state index in [1.165, 1.54) is 18.9 Å². The van der Waals surface area contributed by atoms with Crippen LogP contribution in [0.3, 0.4) is 0 Å². The first kappa shape index (κ1) is 12.4. The van der Waals surface area contributed by atoms with E-state index in [-0.39, 0.29) is 5.56 Å². The van der Waals surface area contributed by atoms with Gasteiger partial charge < -0.3 is 0 Å². The molecule has 0 saturated carbocycles. The fraction of sp³-hybridized carbons (Fsp3) is 0.545. The minimum absolute atomic E-state index is 0.170. The maximum Gasteiger partial charge on any atom is 0.252 e. The molecule has 0 unspecified atom stereocenters. The number of nitrogens with one attached hydrogen (secondary N) is 2. The van der Waals surface area contributed by atoms with Gasteiger partial charge in [0.25, 0.3) is 5.56 Å². The first-order valence-electron chi connectivity index (χ1n) is 5.58. The summed E-state index contributed by atoms with van der Waals surface area (Å²) >= 11 is 0. The molecule has 0 atom stereocenters. The maximum absolute atomic E-state index is 11.1. The molecule has 0 fully saturated rings. The molecule has 1 aromatic heterocycles. The molecule has 0 spiro atoms. The maximum atomic E-state index is 11.1. The van der Waals surface area contributed by atoms with Crippen LogP contribution >= 0.6 is 0 Å². The van der Waals surface area contributed by atoms with Crippen LogP contribution in [0.15, 0.2) is 16.0 Å². The van der Waals surface area contributed by atoms with Crippen LogP contribution in [-0.4, -0.2) is 16.2 Å². The molecular weight excluding hydrogens is 204 g/mol. The lowest BCUT2D eigenvalue weighted by atomic mass is 10.2. The van der Waals surface area contributed by atoms with Gasteiger partial charge >= 0.3 is 0 Å². The Balaban J connectivity index is 2.39. The second-order valence-corrected chi connectivity index (χ2v) is 3.65. The zero-order chi connectivity index (χ0) is 11.8. The minimum atomic E-state index is -0.170. The van der Waals surface area contributed by atoms with E-state index in [0.717, 1.165) is 12.8 Å². The quantitative estimate of drug-likeness (QED) is 0.439. The summed E-state index contributed by atoms with van der Waals surface area (Å²) in [6, 6.07) is 1.44. The van der Waals surface area contributed by atoms with Crippen LogP contribution in [0.25, 0.3) is 0 Å². The third kappa shape index (κ3) is 4.72. The van der Waals surface area contributed by atoms with Crippen molar-refractivity contribution < 1.29 is 0 Å². The van der Waals surface area contributed by atoms with Crippen molar-refractivity contribution in [1.29, 1.82) is 0 Å². The van der Waals surface area contributed by atoms with Gasteiger partial charge in [0.05, 0.1) is 0 Å². The predicted molar refractivity (Wildman–Crippen MR) is 65.9 cm³/mol. The zero-order valence-corrected chi connectivity index (χ0v) is 9.79. The van der Waals surface area contributed by atoms with E-state index < -0.39 is 0 Å². The van der Waals surface area contributed by atoms with E-state index >= 15 is 0 Å². The Labute approximate surface area is 95.0 Å². The molecule has 0 bridgehead atoms. The summed E-state index contributed by atoms with van der Waals surface area (Å²) < 4.78 is 0. The number of hydrazone groups is 1. The Bertz CT molecular complexity index is 397. The van der Waals surface area contributed by atoms with Gasteiger partial charge in [-0.2, -0.15) is 5.10 Å². The fourth-order valence-corrected chi connectivity index (χ4v) is 1.29. The molecule has 0 aliphatic rings. The highest BCUT2D eigenvalue weighted by Crippen LogP contribution is 1.97. The van der Waals surface area contributed by atoms with Gasteiger partial charge in [-0.3, -0.25) is 9.78 Å². The van der Waals surface area contributed by atoms with Gasteiger partial charge in [-0.15, -0.1) is 0 Å². The van der Waals surface area contributed by atoms with Crippen molar-refractivity contribution in [2.75, 3.05) is 5.43 Å². The van der Waals surface area contributed by atoms with E-state index in [0.29, 0.717) is 11.6 Å². The first-order valence-corrected chi connectivity index (χ1v) is 5.58. The van der Waals surface area contributed by atoms with E-state index in [1.807, 2.05) is 0 Å². The molecule has 88 valence electrons. The number of rotatable bonds is 6. The fourth-order valence-electron chi connectivity index (χ4n) is 1.29. The van der Waals surface area contributed by atoms with E-state index in [4.69, 9.17) is 0 Å². The number of unbranched alkanes of at least 4 members (excludes halogenated alkanes) is 3. The van der Waals surface area contributed by atoms with Crippen LogP contribution in [0, 0.1) is 6.92 Å². The van der Waals surface area contributed by atoms with Crippen LogP contribution < -0.4 is 11.0 Å². The van der Waals surface area contributed by atoms with E-state index in [9.17, 15) is 4.79 Å². The third-order valence-electron chi connectivity index (χ3n) is 2.07. The molecule has 5 heteroatoms. The number of aromatic nitrogens is 2. The topological polar surface area (TPSA) is 70.1 Å². The van der Waals surface area contributed by atoms with Crippen LogP contribution in [-0.2, 0) is 0 Å². The van der Waals surface area contributed by atoms with Gasteiger partial charge in [-0.1, -0.05) is 19.8 Å². The molecule has 0 aliphatic carbocycles. The van der Waals surface area contributed by atoms with Crippen LogP contribution in [0.1, 0.15) is 38.3 Å². The number of hydrogen-bond acceptors (Lipinski definition) is 4. The first-order chi connectivity index (χ1) is 7.72. The van der Waals surface area contributed by atoms with Crippen molar-refractivity contribution in [2.24, 2.45) is 5.10 Å². The average Bonchev–Trinajstić information content (AvgIpc) is 2.22. The van der Waals surface area contributed by atoms with Gasteiger partial charge in [-0.25, -0.2) is 10.4 Å². The summed E-state index contributed by atoms with van der Waals surface area (Å²) in [4.78, 5) is 17.7. The normalized spacial score (nSPS) is 10.9. The molecular formula is C11H18N4O. The lowest BCUT2D eigenvalue weighted by Crippen LogP contribution is -2.10. The number of aromatic amines is 1. The number of hydrogen-bond donors (Lipinski definition) is 2. The number of aryl methyl sites for hydroxylation is 1. The Morgan fingerprint density at radius 1 is 1.56 bits per heavy atom. The summed E-state index contributed by atoms with van der Waals surface area (Å²) in [7, 11) is 0. The minimum Gasteiger partial charge on any atom is -0.291 e. The third-order valence-corrected chi connectivity index (χ3v) is 2.07. The van der Waals surface area contributed by atoms with Gasteiger partial charge in [0.15, 0.2) is 0 Å². The molecule has 5 nitrogen and oxygen atoms in total. The Hall–Kier alpha value is -1.65. The SMILES string of the molecule is CCCCCC=NNc1nc(C)cc(=O)[nH]1. The smallest absolute Gasteiger partial charge is 0.252 e. The summed E-state index contributed by atoms with van der Waals surface area (Å²) in [5.41, 5.74) is 3.21. The zero-order valence-electron chi connectivity index (χ0n) is 9.79. The highest BCUT2D eigenvalue weighted by atomic mass is 16.1. The molecule has 0 aromatic carbocycles. The Kier molecular flexibility index (Phi) is 5.25. The molecule has 0 saturated heterocycles. The van der Waals surface area contributed by atoms with E-state index in [1.54, 1.807) is 13.1 Å². The lowest BCUT2D eigenvalue weighted by Gasteiger charge is -1.99. The standard InChI is InChI=1S/C11H18N4O/c1-3-4-5-6-7-12-15-11-13-9(2)8-10(16)14-11/h7-8H,3-6H2,1-2H3,(H2,13,14,15,16). The van der Waals surface area contributed by atoms with Gasteiger partial charge in [0, 0.05) is 18.0 Å². The summed E-state index contributed by atoms with van der Waals surface area (Å²) in [6.07, 6.45) is 6.30. The Morgan fingerprint density at radius 2 is 2.38 bits per heavy atom. The van der Waals surface area contributed by atoms with Gasteiger partial charge in [0.2, 0.25) is 5.95 Å². The number of anilines is 1. The summed E-state index contributed by atoms with van der Waals surface area (Å²) in [6.45, 7) is 3.93.